The van der Waals surface area contributed by atoms with Gasteiger partial charge in [-0.2, -0.15) is 0 Å². The maximum Gasteiger partial charge on any atom is 0.586 e. The fourth-order valence-electron chi connectivity index (χ4n) is 2.64. The third kappa shape index (κ3) is 4.41. The molecular formula is C18H15F2NO4S2. The van der Waals surface area contributed by atoms with Crippen LogP contribution in [0.5, 0.6) is 17.2 Å². The molecule has 2 aromatic carbocycles. The number of amides is 1. The summed E-state index contributed by atoms with van der Waals surface area (Å²) in [6.45, 7) is -0.198. The van der Waals surface area contributed by atoms with Crippen LogP contribution in [0.1, 0.15) is 10.1 Å². The van der Waals surface area contributed by atoms with E-state index in [0.717, 1.165) is 11.5 Å². The smallest absolute Gasteiger partial charge is 0.484 e. The summed E-state index contributed by atoms with van der Waals surface area (Å²) in [5.41, 5.74) is 1.55. The summed E-state index contributed by atoms with van der Waals surface area (Å²) in [7, 11) is 0. The number of thioether (sulfide) groups is 2. The van der Waals surface area contributed by atoms with E-state index in [9.17, 15) is 13.6 Å². The molecule has 0 unspecified atom stereocenters. The van der Waals surface area contributed by atoms with Crippen molar-refractivity contribution < 1.29 is 27.8 Å². The molecular weight excluding hydrogens is 396 g/mol. The molecule has 0 aliphatic carbocycles. The van der Waals surface area contributed by atoms with E-state index in [1.54, 1.807) is 0 Å². The molecule has 0 radical (unpaired) electrons. The van der Waals surface area contributed by atoms with Gasteiger partial charge in [0, 0.05) is 23.3 Å². The van der Waals surface area contributed by atoms with Gasteiger partial charge in [0.05, 0.1) is 4.58 Å². The molecule has 2 aromatic rings. The third-order valence-electron chi connectivity index (χ3n) is 3.83. The molecule has 0 atom stereocenters. The van der Waals surface area contributed by atoms with Crippen molar-refractivity contribution in [3.63, 3.8) is 0 Å². The number of hydrogen-bond acceptors (Lipinski definition) is 6. The summed E-state index contributed by atoms with van der Waals surface area (Å²) >= 11 is 3.84. The summed E-state index contributed by atoms with van der Waals surface area (Å²) < 4.78 is 40.6. The van der Waals surface area contributed by atoms with Crippen molar-refractivity contribution in [3.8, 4) is 17.2 Å². The first-order chi connectivity index (χ1) is 13.0. The molecule has 1 amide bonds. The molecule has 1 saturated heterocycles. The highest BCUT2D eigenvalue weighted by Crippen LogP contribution is 2.45. The molecule has 5 nitrogen and oxygen atoms in total. The van der Waals surface area contributed by atoms with Gasteiger partial charge in [0.15, 0.2) is 18.1 Å². The van der Waals surface area contributed by atoms with E-state index < -0.39 is 12.2 Å². The van der Waals surface area contributed by atoms with E-state index in [2.05, 4.69) is 14.8 Å². The van der Waals surface area contributed by atoms with Crippen molar-refractivity contribution >= 4 is 35.1 Å². The van der Waals surface area contributed by atoms with E-state index in [1.807, 2.05) is 47.8 Å². The zero-order valence-electron chi connectivity index (χ0n) is 13.9. The Morgan fingerprint density at radius 2 is 1.81 bits per heavy atom. The zero-order chi connectivity index (χ0) is 18.9. The highest BCUT2D eigenvalue weighted by molar-refractivity contribution is 8.19. The van der Waals surface area contributed by atoms with E-state index in [-0.39, 0.29) is 18.1 Å². The second-order valence-electron chi connectivity index (χ2n) is 5.81. The molecule has 2 heterocycles. The van der Waals surface area contributed by atoms with E-state index in [1.165, 1.54) is 23.8 Å². The van der Waals surface area contributed by atoms with E-state index in [0.29, 0.717) is 16.0 Å². The van der Waals surface area contributed by atoms with Gasteiger partial charge in [-0.1, -0.05) is 12.1 Å². The number of rotatable bonds is 5. The number of alkyl halides is 2. The summed E-state index contributed by atoms with van der Waals surface area (Å²) in [6, 6.07) is 11.7. The van der Waals surface area contributed by atoms with Gasteiger partial charge >= 0.3 is 6.29 Å². The minimum atomic E-state index is -3.68. The molecule has 2 aliphatic rings. The van der Waals surface area contributed by atoms with Crippen molar-refractivity contribution in [2.45, 2.75) is 10.9 Å². The van der Waals surface area contributed by atoms with Gasteiger partial charge < -0.3 is 19.5 Å². The lowest BCUT2D eigenvalue weighted by Gasteiger charge is -2.11. The Balaban J connectivity index is 1.30. The van der Waals surface area contributed by atoms with Gasteiger partial charge in [-0.15, -0.1) is 32.3 Å². The number of hydrogen-bond donors (Lipinski definition) is 1. The number of carbonyl (C=O) groups excluding carboxylic acids is 1. The van der Waals surface area contributed by atoms with Gasteiger partial charge in [0.1, 0.15) is 5.75 Å². The average Bonchev–Trinajstić information content (AvgIpc) is 3.26. The number of ether oxygens (including phenoxy) is 3. The van der Waals surface area contributed by atoms with Crippen LogP contribution < -0.4 is 19.5 Å². The van der Waals surface area contributed by atoms with Crippen molar-refractivity contribution in [2.75, 3.05) is 23.4 Å². The summed E-state index contributed by atoms with van der Waals surface area (Å²) in [4.78, 5) is 12.0. The van der Waals surface area contributed by atoms with Gasteiger partial charge in [0.25, 0.3) is 5.91 Å². The predicted octanol–water partition coefficient (Wildman–Crippen LogP) is 4.50. The molecule has 2 aliphatic heterocycles. The largest absolute Gasteiger partial charge is 0.586 e. The van der Waals surface area contributed by atoms with Crippen molar-refractivity contribution in [1.29, 1.82) is 0 Å². The van der Waals surface area contributed by atoms with Gasteiger partial charge in [-0.3, -0.25) is 4.79 Å². The lowest BCUT2D eigenvalue weighted by atomic mass is 10.2. The van der Waals surface area contributed by atoms with Crippen LogP contribution in [0.2, 0.25) is 0 Å². The summed E-state index contributed by atoms with van der Waals surface area (Å²) in [5.74, 6) is 2.29. The SMILES string of the molecule is O=C(COc1ccc(C2SCCS2)cc1)Nc1ccc2c(c1)OC(F)(F)O2. The Kier molecular flexibility index (Phi) is 5.05. The second-order valence-corrected chi connectivity index (χ2v) is 8.53. The second kappa shape index (κ2) is 7.47. The Hall–Kier alpha value is -2.13. The maximum absolute atomic E-state index is 13.0. The van der Waals surface area contributed by atoms with Gasteiger partial charge in [-0.25, -0.2) is 0 Å². The number of carbonyl (C=O) groups is 1. The van der Waals surface area contributed by atoms with Crippen molar-refractivity contribution in [2.24, 2.45) is 0 Å². The lowest BCUT2D eigenvalue weighted by molar-refractivity contribution is -0.286. The van der Waals surface area contributed by atoms with Crippen LogP contribution in [-0.2, 0) is 4.79 Å². The third-order valence-corrected chi connectivity index (χ3v) is 6.93. The first-order valence-electron chi connectivity index (χ1n) is 8.14. The Morgan fingerprint density at radius 3 is 2.56 bits per heavy atom. The highest BCUT2D eigenvalue weighted by atomic mass is 32.2. The fraction of sp³-hybridized carbons (Fsp3) is 0.278. The molecule has 4 rings (SSSR count). The monoisotopic (exact) mass is 411 g/mol. The lowest BCUT2D eigenvalue weighted by Crippen LogP contribution is -2.25. The standard InChI is InChI=1S/C18H15F2NO4S2/c19-18(20)24-14-6-3-12(9-15(14)25-18)21-16(22)10-23-13-4-1-11(2-5-13)17-26-7-8-27-17/h1-6,9,17H,7-8,10H2,(H,21,22). The van der Waals surface area contributed by atoms with Crippen LogP contribution in [0.4, 0.5) is 14.5 Å². The van der Waals surface area contributed by atoms with Crippen LogP contribution in [0.3, 0.4) is 0 Å². The van der Waals surface area contributed by atoms with Crippen molar-refractivity contribution in [1.82, 2.24) is 0 Å². The number of anilines is 1. The number of benzene rings is 2. The molecule has 142 valence electrons. The Bertz CT molecular complexity index is 842. The fourth-order valence-corrected chi connectivity index (χ4v) is 5.50. The normalized spacial score (nSPS) is 17.7. The molecule has 1 fully saturated rings. The molecule has 0 spiro atoms. The number of halogens is 2. The first kappa shape index (κ1) is 18.2. The van der Waals surface area contributed by atoms with Crippen LogP contribution in [0.15, 0.2) is 42.5 Å². The van der Waals surface area contributed by atoms with Gasteiger partial charge in [0.2, 0.25) is 0 Å². The summed E-state index contributed by atoms with van der Waals surface area (Å²) in [6.07, 6.45) is -3.68. The molecule has 0 bridgehead atoms. The zero-order valence-corrected chi connectivity index (χ0v) is 15.6. The molecule has 9 heteroatoms. The first-order valence-corrected chi connectivity index (χ1v) is 10.2. The van der Waals surface area contributed by atoms with Crippen LogP contribution in [0, 0.1) is 0 Å². The van der Waals surface area contributed by atoms with E-state index >= 15 is 0 Å². The number of nitrogens with one attached hydrogen (secondary N) is 1. The molecule has 0 aromatic heterocycles. The summed E-state index contributed by atoms with van der Waals surface area (Å²) in [5, 5.41) is 2.57. The Morgan fingerprint density at radius 1 is 1.11 bits per heavy atom. The van der Waals surface area contributed by atoms with Crippen LogP contribution in [-0.4, -0.2) is 30.3 Å². The number of fused-ring (bicyclic) bond motifs is 1. The minimum Gasteiger partial charge on any atom is -0.484 e. The maximum atomic E-state index is 13.0. The quantitative estimate of drug-likeness (QED) is 0.782. The van der Waals surface area contributed by atoms with Crippen molar-refractivity contribution in [3.05, 3.63) is 48.0 Å². The molecule has 0 saturated carbocycles. The minimum absolute atomic E-state index is 0.0760. The Labute approximate surface area is 162 Å². The van der Waals surface area contributed by atoms with Gasteiger partial charge in [-0.05, 0) is 29.8 Å². The predicted molar refractivity (Wildman–Crippen MR) is 101 cm³/mol. The van der Waals surface area contributed by atoms with Crippen LogP contribution in [0.25, 0.3) is 0 Å². The van der Waals surface area contributed by atoms with E-state index in [4.69, 9.17) is 4.74 Å². The molecule has 27 heavy (non-hydrogen) atoms. The van der Waals surface area contributed by atoms with Crippen LogP contribution >= 0.6 is 23.5 Å². The average molecular weight is 411 g/mol. The molecule has 1 N–H and O–H groups in total. The highest BCUT2D eigenvalue weighted by Gasteiger charge is 2.43. The topological polar surface area (TPSA) is 56.8 Å².